The monoisotopic (exact) mass is 230 g/mol. The summed E-state index contributed by atoms with van der Waals surface area (Å²) >= 11 is 0. The van der Waals surface area contributed by atoms with E-state index in [0.717, 1.165) is 24.8 Å². The molecule has 0 aliphatic heterocycles. The van der Waals surface area contributed by atoms with E-state index in [1.54, 1.807) is 6.07 Å². The zero-order chi connectivity index (χ0) is 12.3. The summed E-state index contributed by atoms with van der Waals surface area (Å²) in [5.74, 6) is 0. The molecule has 3 N–H and O–H groups in total. The van der Waals surface area contributed by atoms with E-state index >= 15 is 0 Å². The molecule has 1 saturated carbocycles. The molecule has 1 aromatic carbocycles. The summed E-state index contributed by atoms with van der Waals surface area (Å²) in [7, 11) is 2.15. The number of nitrogens with one attached hydrogen (secondary N) is 1. The van der Waals surface area contributed by atoms with Crippen LogP contribution in [-0.4, -0.2) is 31.1 Å². The summed E-state index contributed by atoms with van der Waals surface area (Å²) in [5.41, 5.74) is 7.82. The van der Waals surface area contributed by atoms with Crippen LogP contribution in [0.25, 0.3) is 0 Å². The highest BCUT2D eigenvalue weighted by Crippen LogP contribution is 2.25. The van der Waals surface area contributed by atoms with Gasteiger partial charge < -0.3 is 16.0 Å². The maximum atomic E-state index is 8.87. The molecule has 0 bridgehead atoms. The minimum Gasteiger partial charge on any atom is -0.396 e. The minimum atomic E-state index is 0.533. The number of nitrogens with two attached hydrogens (primary N) is 1. The van der Waals surface area contributed by atoms with Gasteiger partial charge in [0.1, 0.15) is 6.07 Å². The Morgan fingerprint density at radius 2 is 2.29 bits per heavy atom. The van der Waals surface area contributed by atoms with E-state index in [1.165, 1.54) is 12.8 Å². The molecule has 17 heavy (non-hydrogen) atoms. The molecule has 2 rings (SSSR count). The Bertz CT molecular complexity index is 432. The lowest BCUT2D eigenvalue weighted by molar-refractivity contribution is 0.337. The Morgan fingerprint density at radius 3 is 2.94 bits per heavy atom. The molecule has 0 aromatic heterocycles. The third-order valence-electron chi connectivity index (χ3n) is 3.18. The van der Waals surface area contributed by atoms with Crippen LogP contribution in [0.5, 0.6) is 0 Å². The fourth-order valence-electron chi connectivity index (χ4n) is 1.88. The Balaban J connectivity index is 1.88. The third-order valence-corrected chi connectivity index (χ3v) is 3.18. The Morgan fingerprint density at radius 1 is 1.53 bits per heavy atom. The number of anilines is 2. The molecular formula is C13H18N4. The van der Waals surface area contributed by atoms with Gasteiger partial charge in [-0.05, 0) is 32.0 Å². The van der Waals surface area contributed by atoms with Crippen molar-refractivity contribution in [3.63, 3.8) is 0 Å². The van der Waals surface area contributed by atoms with Crippen molar-refractivity contribution in [1.29, 1.82) is 5.26 Å². The van der Waals surface area contributed by atoms with Gasteiger partial charge in [0.15, 0.2) is 0 Å². The first-order valence-electron chi connectivity index (χ1n) is 5.95. The first-order chi connectivity index (χ1) is 8.22. The van der Waals surface area contributed by atoms with Crippen molar-refractivity contribution in [3.8, 4) is 6.07 Å². The molecule has 1 aliphatic carbocycles. The zero-order valence-corrected chi connectivity index (χ0v) is 10.1. The summed E-state index contributed by atoms with van der Waals surface area (Å²) in [6.07, 6.45) is 2.64. The van der Waals surface area contributed by atoms with Crippen molar-refractivity contribution >= 4 is 11.4 Å². The molecule has 0 unspecified atom stereocenters. The quantitative estimate of drug-likeness (QED) is 0.755. The van der Waals surface area contributed by atoms with E-state index < -0.39 is 0 Å². The van der Waals surface area contributed by atoms with Crippen molar-refractivity contribution in [2.24, 2.45) is 0 Å². The molecule has 4 nitrogen and oxygen atoms in total. The molecule has 1 aromatic rings. The molecule has 1 fully saturated rings. The van der Waals surface area contributed by atoms with Crippen molar-refractivity contribution in [1.82, 2.24) is 4.90 Å². The van der Waals surface area contributed by atoms with Crippen molar-refractivity contribution in [2.45, 2.75) is 18.9 Å². The maximum absolute atomic E-state index is 8.87. The molecule has 90 valence electrons. The third kappa shape index (κ3) is 2.89. The maximum Gasteiger partial charge on any atom is 0.101 e. The average molecular weight is 230 g/mol. The number of hydrogen-bond donors (Lipinski definition) is 2. The average Bonchev–Trinajstić information content (AvgIpc) is 3.15. The topological polar surface area (TPSA) is 65.1 Å². The number of nitrogens with zero attached hydrogens (tertiary/aromatic N) is 2. The molecular weight excluding hydrogens is 212 g/mol. The van der Waals surface area contributed by atoms with Crippen LogP contribution in [0.15, 0.2) is 18.2 Å². The number of rotatable bonds is 5. The van der Waals surface area contributed by atoms with Gasteiger partial charge in [-0.2, -0.15) is 5.26 Å². The molecule has 4 heteroatoms. The Kier molecular flexibility index (Phi) is 3.50. The zero-order valence-electron chi connectivity index (χ0n) is 10.1. The van der Waals surface area contributed by atoms with Crippen LogP contribution < -0.4 is 11.1 Å². The fraction of sp³-hybridized carbons (Fsp3) is 0.462. The van der Waals surface area contributed by atoms with E-state index in [-0.39, 0.29) is 0 Å². The smallest absolute Gasteiger partial charge is 0.101 e. The second kappa shape index (κ2) is 5.07. The van der Waals surface area contributed by atoms with E-state index in [4.69, 9.17) is 11.0 Å². The van der Waals surface area contributed by atoms with Crippen molar-refractivity contribution in [2.75, 3.05) is 31.2 Å². The van der Waals surface area contributed by atoms with Gasteiger partial charge in [-0.25, -0.2) is 0 Å². The van der Waals surface area contributed by atoms with Gasteiger partial charge in [0.2, 0.25) is 0 Å². The largest absolute Gasteiger partial charge is 0.396 e. The van der Waals surface area contributed by atoms with Gasteiger partial charge >= 0.3 is 0 Å². The van der Waals surface area contributed by atoms with Crippen LogP contribution >= 0.6 is 0 Å². The summed E-state index contributed by atoms with van der Waals surface area (Å²) in [6.45, 7) is 1.85. The van der Waals surface area contributed by atoms with Gasteiger partial charge in [0.25, 0.3) is 0 Å². The van der Waals surface area contributed by atoms with Crippen LogP contribution in [0.2, 0.25) is 0 Å². The number of hydrogen-bond acceptors (Lipinski definition) is 4. The number of benzene rings is 1. The Hall–Kier alpha value is -1.73. The number of nitriles is 1. The second-order valence-electron chi connectivity index (χ2n) is 4.52. The van der Waals surface area contributed by atoms with Gasteiger partial charge in [-0.15, -0.1) is 0 Å². The molecule has 0 saturated heterocycles. The van der Waals surface area contributed by atoms with E-state index in [9.17, 15) is 0 Å². The summed E-state index contributed by atoms with van der Waals surface area (Å²) in [5, 5.41) is 12.2. The highest BCUT2D eigenvalue weighted by atomic mass is 15.2. The SMILES string of the molecule is CN(CCNc1cccc(C#N)c1N)C1CC1. The second-order valence-corrected chi connectivity index (χ2v) is 4.52. The standard InChI is InChI=1S/C13H18N4/c1-17(11-5-6-11)8-7-16-12-4-2-3-10(9-14)13(12)15/h2-4,11,16H,5-8,15H2,1H3. The first-order valence-corrected chi connectivity index (χ1v) is 5.95. The van der Waals surface area contributed by atoms with Gasteiger partial charge in [-0.3, -0.25) is 0 Å². The first kappa shape index (κ1) is 11.7. The van der Waals surface area contributed by atoms with Gasteiger partial charge in [0, 0.05) is 19.1 Å². The normalized spacial score (nSPS) is 14.6. The lowest BCUT2D eigenvalue weighted by Crippen LogP contribution is -2.27. The van der Waals surface area contributed by atoms with Crippen LogP contribution in [0.3, 0.4) is 0 Å². The highest BCUT2D eigenvalue weighted by molar-refractivity contribution is 5.72. The lowest BCUT2D eigenvalue weighted by atomic mass is 10.1. The fourth-order valence-corrected chi connectivity index (χ4v) is 1.88. The van der Waals surface area contributed by atoms with Gasteiger partial charge in [-0.1, -0.05) is 6.07 Å². The molecule has 0 atom stereocenters. The predicted molar refractivity (Wildman–Crippen MR) is 69.7 cm³/mol. The van der Waals surface area contributed by atoms with E-state index in [0.29, 0.717) is 11.3 Å². The summed E-state index contributed by atoms with van der Waals surface area (Å²) in [4.78, 5) is 2.36. The Labute approximate surface area is 102 Å². The summed E-state index contributed by atoms with van der Waals surface area (Å²) in [6, 6.07) is 8.36. The number of para-hydroxylation sites is 1. The lowest BCUT2D eigenvalue weighted by Gasteiger charge is -2.17. The van der Waals surface area contributed by atoms with Crippen molar-refractivity contribution in [3.05, 3.63) is 23.8 Å². The molecule has 0 radical (unpaired) electrons. The predicted octanol–water partition coefficient (Wildman–Crippen LogP) is 1.65. The van der Waals surface area contributed by atoms with E-state index in [2.05, 4.69) is 23.3 Å². The van der Waals surface area contributed by atoms with Gasteiger partial charge in [0.05, 0.1) is 16.9 Å². The van der Waals surface area contributed by atoms with Crippen LogP contribution in [0, 0.1) is 11.3 Å². The number of likely N-dealkylation sites (N-methyl/N-ethyl adjacent to an activating group) is 1. The van der Waals surface area contributed by atoms with Crippen molar-refractivity contribution < 1.29 is 0 Å². The summed E-state index contributed by atoms with van der Waals surface area (Å²) < 4.78 is 0. The molecule has 0 amide bonds. The molecule has 0 spiro atoms. The van der Waals surface area contributed by atoms with E-state index in [1.807, 2.05) is 12.1 Å². The van der Waals surface area contributed by atoms with Crippen LogP contribution in [0.1, 0.15) is 18.4 Å². The van der Waals surface area contributed by atoms with Crippen LogP contribution in [0.4, 0.5) is 11.4 Å². The van der Waals surface area contributed by atoms with Crippen LogP contribution in [-0.2, 0) is 0 Å². The number of nitrogen functional groups attached to an aromatic ring is 1. The molecule has 1 aliphatic rings. The highest BCUT2D eigenvalue weighted by Gasteiger charge is 2.25. The molecule has 0 heterocycles. The minimum absolute atomic E-state index is 0.533.